The smallest absolute Gasteiger partial charge is 0.323 e. The Morgan fingerprint density at radius 1 is 1.26 bits per heavy atom. The van der Waals surface area contributed by atoms with E-state index in [1.807, 2.05) is 6.92 Å². The zero-order valence-electron chi connectivity index (χ0n) is 12.7. The molecule has 8 nitrogen and oxygen atoms in total. The fraction of sp³-hybridized carbons (Fsp3) is 0.400. The highest BCUT2D eigenvalue weighted by Crippen LogP contribution is 2.32. The fourth-order valence-corrected chi connectivity index (χ4v) is 2.13. The van der Waals surface area contributed by atoms with Gasteiger partial charge in [-0.2, -0.15) is 0 Å². The average molecular weight is 322 g/mol. The third-order valence-electron chi connectivity index (χ3n) is 3.21. The molecule has 1 aliphatic rings. The van der Waals surface area contributed by atoms with E-state index in [1.54, 1.807) is 12.1 Å². The molecule has 0 bridgehead atoms. The monoisotopic (exact) mass is 322 g/mol. The molecule has 1 aromatic carbocycles. The number of aliphatic carboxylic acids is 1. The molecule has 0 aliphatic carbocycles. The van der Waals surface area contributed by atoms with Crippen molar-refractivity contribution >= 4 is 17.8 Å². The molecule has 124 valence electrons. The molecule has 0 spiro atoms. The van der Waals surface area contributed by atoms with Gasteiger partial charge in [-0.05, 0) is 24.6 Å². The van der Waals surface area contributed by atoms with Crippen molar-refractivity contribution in [1.29, 1.82) is 0 Å². The molecule has 0 fully saturated rings. The quantitative estimate of drug-likeness (QED) is 0.756. The molecule has 1 aromatic rings. The van der Waals surface area contributed by atoms with E-state index in [0.29, 0.717) is 30.0 Å². The lowest BCUT2D eigenvalue weighted by Gasteiger charge is -2.20. The lowest BCUT2D eigenvalue weighted by molar-refractivity contribution is -0.144. The van der Waals surface area contributed by atoms with Crippen LogP contribution in [0.15, 0.2) is 18.2 Å². The SMILES string of the molecule is CCCN(CC(=O)O)C(=O)CNC(=O)c1ccc2c(c1)OCO2. The third kappa shape index (κ3) is 4.35. The number of rotatable bonds is 7. The van der Waals surface area contributed by atoms with Crippen molar-refractivity contribution in [2.75, 3.05) is 26.4 Å². The predicted molar refractivity (Wildman–Crippen MR) is 79.4 cm³/mol. The lowest BCUT2D eigenvalue weighted by Crippen LogP contribution is -2.42. The van der Waals surface area contributed by atoms with E-state index in [1.165, 1.54) is 11.0 Å². The number of fused-ring (bicyclic) bond motifs is 1. The van der Waals surface area contributed by atoms with Crippen LogP contribution in [0.3, 0.4) is 0 Å². The Hall–Kier alpha value is -2.77. The number of carboxylic acid groups (broad SMARTS) is 1. The molecule has 1 aliphatic heterocycles. The van der Waals surface area contributed by atoms with Gasteiger partial charge in [0.25, 0.3) is 5.91 Å². The highest BCUT2D eigenvalue weighted by molar-refractivity contribution is 5.97. The summed E-state index contributed by atoms with van der Waals surface area (Å²) < 4.78 is 10.3. The van der Waals surface area contributed by atoms with Gasteiger partial charge in [-0.3, -0.25) is 14.4 Å². The van der Waals surface area contributed by atoms with Gasteiger partial charge in [-0.15, -0.1) is 0 Å². The van der Waals surface area contributed by atoms with Crippen LogP contribution >= 0.6 is 0 Å². The molecular weight excluding hydrogens is 304 g/mol. The Bertz CT molecular complexity index is 616. The second-order valence-electron chi connectivity index (χ2n) is 4.96. The second-order valence-corrected chi connectivity index (χ2v) is 4.96. The van der Waals surface area contributed by atoms with Gasteiger partial charge in [0, 0.05) is 12.1 Å². The van der Waals surface area contributed by atoms with Crippen LogP contribution in [0.4, 0.5) is 0 Å². The Morgan fingerprint density at radius 3 is 2.70 bits per heavy atom. The van der Waals surface area contributed by atoms with Crippen LogP contribution in [0.1, 0.15) is 23.7 Å². The Kier molecular flexibility index (Phi) is 5.40. The first-order chi connectivity index (χ1) is 11.0. The van der Waals surface area contributed by atoms with Crippen LogP contribution in [-0.4, -0.2) is 54.2 Å². The average Bonchev–Trinajstić information content (AvgIpc) is 2.98. The van der Waals surface area contributed by atoms with E-state index >= 15 is 0 Å². The van der Waals surface area contributed by atoms with Crippen LogP contribution in [0.2, 0.25) is 0 Å². The summed E-state index contributed by atoms with van der Waals surface area (Å²) in [6, 6.07) is 4.71. The van der Waals surface area contributed by atoms with Gasteiger partial charge in [0.15, 0.2) is 11.5 Å². The van der Waals surface area contributed by atoms with Crippen molar-refractivity contribution in [2.45, 2.75) is 13.3 Å². The van der Waals surface area contributed by atoms with Crippen molar-refractivity contribution in [1.82, 2.24) is 10.2 Å². The normalized spacial score (nSPS) is 11.9. The summed E-state index contributed by atoms with van der Waals surface area (Å²) in [7, 11) is 0. The summed E-state index contributed by atoms with van der Waals surface area (Å²) in [5.74, 6) is -0.934. The predicted octanol–water partition coefficient (Wildman–Crippen LogP) is 0.468. The molecule has 0 saturated heterocycles. The number of benzene rings is 1. The molecule has 0 aromatic heterocycles. The fourth-order valence-electron chi connectivity index (χ4n) is 2.13. The van der Waals surface area contributed by atoms with E-state index < -0.39 is 17.8 Å². The van der Waals surface area contributed by atoms with Gasteiger partial charge in [0.05, 0.1) is 6.54 Å². The maximum atomic E-state index is 12.1. The molecule has 0 radical (unpaired) electrons. The number of amides is 2. The van der Waals surface area contributed by atoms with Gasteiger partial charge in [-0.1, -0.05) is 6.92 Å². The maximum absolute atomic E-state index is 12.1. The number of hydrogen-bond donors (Lipinski definition) is 2. The Morgan fingerprint density at radius 2 is 2.00 bits per heavy atom. The van der Waals surface area contributed by atoms with Gasteiger partial charge < -0.3 is 24.8 Å². The van der Waals surface area contributed by atoms with Crippen LogP contribution < -0.4 is 14.8 Å². The first kappa shape index (κ1) is 16.6. The summed E-state index contributed by atoms with van der Waals surface area (Å²) >= 11 is 0. The second kappa shape index (κ2) is 7.48. The number of carboxylic acids is 1. The summed E-state index contributed by atoms with van der Waals surface area (Å²) in [6.45, 7) is 1.63. The minimum atomic E-state index is -1.09. The number of hydrogen-bond acceptors (Lipinski definition) is 5. The molecule has 2 amide bonds. The number of carbonyl (C=O) groups is 3. The first-order valence-corrected chi connectivity index (χ1v) is 7.18. The van der Waals surface area contributed by atoms with Crippen LogP contribution in [-0.2, 0) is 9.59 Å². The lowest BCUT2D eigenvalue weighted by atomic mass is 10.2. The van der Waals surface area contributed by atoms with Crippen LogP contribution in [0, 0.1) is 0 Å². The Balaban J connectivity index is 1.92. The van der Waals surface area contributed by atoms with Crippen molar-refractivity contribution in [3.05, 3.63) is 23.8 Å². The van der Waals surface area contributed by atoms with Gasteiger partial charge >= 0.3 is 5.97 Å². The first-order valence-electron chi connectivity index (χ1n) is 7.18. The number of nitrogens with one attached hydrogen (secondary N) is 1. The number of carbonyl (C=O) groups excluding carboxylic acids is 2. The van der Waals surface area contributed by atoms with Crippen molar-refractivity contribution < 1.29 is 29.0 Å². The van der Waals surface area contributed by atoms with E-state index in [4.69, 9.17) is 14.6 Å². The minimum Gasteiger partial charge on any atom is -0.480 e. The van der Waals surface area contributed by atoms with Gasteiger partial charge in [0.1, 0.15) is 6.54 Å². The largest absolute Gasteiger partial charge is 0.480 e. The summed E-state index contributed by atoms with van der Waals surface area (Å²) in [5, 5.41) is 11.3. The van der Waals surface area contributed by atoms with E-state index in [9.17, 15) is 14.4 Å². The molecule has 8 heteroatoms. The molecular formula is C15H18N2O6. The van der Waals surface area contributed by atoms with E-state index in [-0.39, 0.29) is 19.9 Å². The van der Waals surface area contributed by atoms with Crippen LogP contribution in [0.5, 0.6) is 11.5 Å². The Labute approximate surface area is 133 Å². The summed E-state index contributed by atoms with van der Waals surface area (Å²) in [6.07, 6.45) is 0.634. The molecule has 1 heterocycles. The molecule has 23 heavy (non-hydrogen) atoms. The minimum absolute atomic E-state index is 0.111. The van der Waals surface area contributed by atoms with Crippen molar-refractivity contribution in [3.8, 4) is 11.5 Å². The molecule has 0 atom stereocenters. The zero-order valence-corrected chi connectivity index (χ0v) is 12.7. The maximum Gasteiger partial charge on any atom is 0.323 e. The molecule has 0 saturated carbocycles. The molecule has 2 rings (SSSR count). The highest BCUT2D eigenvalue weighted by atomic mass is 16.7. The zero-order chi connectivity index (χ0) is 16.8. The van der Waals surface area contributed by atoms with E-state index in [0.717, 1.165) is 0 Å². The van der Waals surface area contributed by atoms with Gasteiger partial charge in [0.2, 0.25) is 12.7 Å². The molecule has 0 unspecified atom stereocenters. The standard InChI is InChI=1S/C15H18N2O6/c1-2-5-17(8-14(19)20)13(18)7-16-15(21)10-3-4-11-12(6-10)23-9-22-11/h3-4,6H,2,5,7-9H2,1H3,(H,16,21)(H,19,20). The molecule has 2 N–H and O–H groups in total. The third-order valence-corrected chi connectivity index (χ3v) is 3.21. The van der Waals surface area contributed by atoms with E-state index in [2.05, 4.69) is 5.32 Å². The summed E-state index contributed by atoms with van der Waals surface area (Å²) in [4.78, 5) is 36.0. The highest BCUT2D eigenvalue weighted by Gasteiger charge is 2.19. The summed E-state index contributed by atoms with van der Waals surface area (Å²) in [5.41, 5.74) is 0.335. The van der Waals surface area contributed by atoms with Gasteiger partial charge in [-0.25, -0.2) is 0 Å². The van der Waals surface area contributed by atoms with Crippen LogP contribution in [0.25, 0.3) is 0 Å². The van der Waals surface area contributed by atoms with Crippen molar-refractivity contribution in [2.24, 2.45) is 0 Å². The van der Waals surface area contributed by atoms with Crippen molar-refractivity contribution in [3.63, 3.8) is 0 Å². The number of ether oxygens (including phenoxy) is 2. The number of nitrogens with zero attached hydrogens (tertiary/aromatic N) is 1. The topological polar surface area (TPSA) is 105 Å².